The van der Waals surface area contributed by atoms with Crippen molar-refractivity contribution in [3.8, 4) is 5.75 Å². The summed E-state index contributed by atoms with van der Waals surface area (Å²) in [6, 6.07) is 6.18. The van der Waals surface area contributed by atoms with E-state index in [1.54, 1.807) is 7.11 Å². The van der Waals surface area contributed by atoms with Gasteiger partial charge in [-0.2, -0.15) is 0 Å². The van der Waals surface area contributed by atoms with Crippen LogP contribution in [0.1, 0.15) is 24.5 Å². The van der Waals surface area contributed by atoms with Crippen molar-refractivity contribution in [3.63, 3.8) is 0 Å². The first-order valence-corrected chi connectivity index (χ1v) is 7.37. The van der Waals surface area contributed by atoms with Crippen molar-refractivity contribution in [1.29, 1.82) is 0 Å². The summed E-state index contributed by atoms with van der Waals surface area (Å²) in [4.78, 5) is 11.5. The SMILES string of the molecule is COC(=O)C[C@@H]1CCn2c1cc1c(Br)cc(OC)cc12. The first-order valence-electron chi connectivity index (χ1n) is 6.57. The van der Waals surface area contributed by atoms with Crippen molar-refractivity contribution in [2.75, 3.05) is 14.2 Å². The van der Waals surface area contributed by atoms with Crippen LogP contribution in [0, 0.1) is 0 Å². The summed E-state index contributed by atoms with van der Waals surface area (Å²) in [5.41, 5.74) is 2.36. The van der Waals surface area contributed by atoms with Gasteiger partial charge in [0.05, 0.1) is 26.2 Å². The molecule has 0 bridgehead atoms. The molecular formula is C15H16BrNO3. The molecule has 0 spiro atoms. The number of carbonyl (C=O) groups excluding carboxylic acids is 1. The Morgan fingerprint density at radius 2 is 2.20 bits per heavy atom. The van der Waals surface area contributed by atoms with E-state index >= 15 is 0 Å². The number of aromatic nitrogens is 1. The van der Waals surface area contributed by atoms with Gasteiger partial charge >= 0.3 is 5.97 Å². The van der Waals surface area contributed by atoms with Crippen LogP contribution < -0.4 is 4.74 Å². The molecule has 0 amide bonds. The average molecular weight is 338 g/mol. The van der Waals surface area contributed by atoms with Crippen LogP contribution >= 0.6 is 15.9 Å². The van der Waals surface area contributed by atoms with Crippen LogP contribution in [0.25, 0.3) is 10.9 Å². The Morgan fingerprint density at radius 3 is 2.90 bits per heavy atom. The van der Waals surface area contributed by atoms with Gasteiger partial charge in [0, 0.05) is 34.1 Å². The van der Waals surface area contributed by atoms with Gasteiger partial charge in [0.25, 0.3) is 0 Å². The first-order chi connectivity index (χ1) is 9.63. The number of carbonyl (C=O) groups is 1. The third kappa shape index (κ3) is 2.10. The second kappa shape index (κ2) is 5.13. The number of esters is 1. The minimum atomic E-state index is -0.148. The van der Waals surface area contributed by atoms with E-state index in [0.717, 1.165) is 34.1 Å². The maximum absolute atomic E-state index is 11.5. The zero-order valence-electron chi connectivity index (χ0n) is 11.5. The molecule has 0 saturated heterocycles. The van der Waals surface area contributed by atoms with Gasteiger partial charge in [0.1, 0.15) is 5.75 Å². The fraction of sp³-hybridized carbons (Fsp3) is 0.400. The van der Waals surface area contributed by atoms with E-state index in [2.05, 4.69) is 26.6 Å². The van der Waals surface area contributed by atoms with Crippen molar-refractivity contribution >= 4 is 32.8 Å². The fourth-order valence-electron chi connectivity index (χ4n) is 2.94. The molecule has 0 saturated carbocycles. The molecule has 1 aromatic heterocycles. The first kappa shape index (κ1) is 13.5. The largest absolute Gasteiger partial charge is 0.497 e. The van der Waals surface area contributed by atoms with E-state index in [-0.39, 0.29) is 11.9 Å². The molecule has 1 aromatic carbocycles. The van der Waals surface area contributed by atoms with Gasteiger partial charge in [0.15, 0.2) is 0 Å². The molecule has 0 N–H and O–H groups in total. The highest BCUT2D eigenvalue weighted by atomic mass is 79.9. The molecule has 1 atom stereocenters. The zero-order chi connectivity index (χ0) is 14.3. The number of benzene rings is 1. The van der Waals surface area contributed by atoms with Gasteiger partial charge in [-0.15, -0.1) is 0 Å². The normalized spacial score (nSPS) is 17.2. The lowest BCUT2D eigenvalue weighted by Crippen LogP contribution is -2.06. The summed E-state index contributed by atoms with van der Waals surface area (Å²) in [6.07, 6.45) is 1.43. The van der Waals surface area contributed by atoms with Crippen LogP contribution in [0.15, 0.2) is 22.7 Å². The fourth-order valence-corrected chi connectivity index (χ4v) is 3.48. The third-order valence-electron chi connectivity index (χ3n) is 3.97. The van der Waals surface area contributed by atoms with Crippen molar-refractivity contribution in [3.05, 3.63) is 28.4 Å². The standard InChI is InChI=1S/C15H16BrNO3/c1-19-10-6-12(16)11-8-13-9(5-15(18)20-2)3-4-17(13)14(11)7-10/h6-9H,3-5H2,1-2H3/t9-/m0/s1. The van der Waals surface area contributed by atoms with Gasteiger partial charge < -0.3 is 14.0 Å². The molecule has 5 heteroatoms. The predicted molar refractivity (Wildman–Crippen MR) is 80.2 cm³/mol. The van der Waals surface area contributed by atoms with Gasteiger partial charge in [-0.25, -0.2) is 0 Å². The summed E-state index contributed by atoms with van der Waals surface area (Å²) in [6.45, 7) is 0.931. The molecule has 1 aliphatic rings. The molecule has 20 heavy (non-hydrogen) atoms. The molecule has 0 radical (unpaired) electrons. The number of halogens is 1. The van der Waals surface area contributed by atoms with Crippen LogP contribution in [-0.4, -0.2) is 24.8 Å². The van der Waals surface area contributed by atoms with E-state index in [4.69, 9.17) is 9.47 Å². The Hall–Kier alpha value is -1.49. The molecule has 4 nitrogen and oxygen atoms in total. The topological polar surface area (TPSA) is 40.5 Å². The second-order valence-corrected chi connectivity index (χ2v) is 5.88. The molecule has 2 aromatic rings. The number of rotatable bonds is 3. The number of fused-ring (bicyclic) bond motifs is 3. The summed E-state index contributed by atoms with van der Waals surface area (Å²) in [5.74, 6) is 0.930. The highest BCUT2D eigenvalue weighted by molar-refractivity contribution is 9.10. The summed E-state index contributed by atoms with van der Waals surface area (Å²) in [5, 5.41) is 1.16. The van der Waals surface area contributed by atoms with E-state index in [1.807, 2.05) is 12.1 Å². The summed E-state index contributed by atoms with van der Waals surface area (Å²) < 4.78 is 13.4. The molecule has 0 unspecified atom stereocenters. The van der Waals surface area contributed by atoms with Crippen LogP contribution in [0.2, 0.25) is 0 Å². The Balaban J connectivity index is 2.06. The lowest BCUT2D eigenvalue weighted by atomic mass is 10.0. The number of hydrogen-bond donors (Lipinski definition) is 0. The Labute approximate surface area is 125 Å². The van der Waals surface area contributed by atoms with Gasteiger partial charge in [-0.1, -0.05) is 0 Å². The van der Waals surface area contributed by atoms with Crippen molar-refractivity contribution in [2.45, 2.75) is 25.3 Å². The lowest BCUT2D eigenvalue weighted by molar-refractivity contribution is -0.141. The van der Waals surface area contributed by atoms with Gasteiger partial charge in [0.2, 0.25) is 0 Å². The molecule has 3 rings (SSSR count). The predicted octanol–water partition coefficient (Wildman–Crippen LogP) is 3.46. The molecule has 1 aliphatic heterocycles. The third-order valence-corrected chi connectivity index (χ3v) is 4.63. The Morgan fingerprint density at radius 1 is 1.40 bits per heavy atom. The molecular weight excluding hydrogens is 322 g/mol. The highest BCUT2D eigenvalue weighted by Crippen LogP contribution is 2.40. The summed E-state index contributed by atoms with van der Waals surface area (Å²) >= 11 is 3.59. The van der Waals surface area contributed by atoms with Crippen molar-refractivity contribution in [2.24, 2.45) is 0 Å². The monoisotopic (exact) mass is 337 g/mol. The number of ether oxygens (including phenoxy) is 2. The maximum atomic E-state index is 11.5. The van der Waals surface area contributed by atoms with Gasteiger partial charge in [-0.3, -0.25) is 4.79 Å². The number of hydrogen-bond acceptors (Lipinski definition) is 3. The van der Waals surface area contributed by atoms with E-state index in [1.165, 1.54) is 12.8 Å². The van der Waals surface area contributed by atoms with E-state index < -0.39 is 0 Å². The highest BCUT2D eigenvalue weighted by Gasteiger charge is 2.27. The average Bonchev–Trinajstić information content (AvgIpc) is 2.99. The van der Waals surface area contributed by atoms with Gasteiger partial charge in [-0.05, 0) is 34.5 Å². The lowest BCUT2D eigenvalue weighted by Gasteiger charge is -2.06. The molecule has 2 heterocycles. The summed E-state index contributed by atoms with van der Waals surface area (Å²) in [7, 11) is 3.11. The Kier molecular flexibility index (Phi) is 3.46. The molecule has 0 fully saturated rings. The number of nitrogens with zero attached hydrogens (tertiary/aromatic N) is 1. The van der Waals surface area contributed by atoms with Crippen LogP contribution in [0.4, 0.5) is 0 Å². The zero-order valence-corrected chi connectivity index (χ0v) is 13.1. The smallest absolute Gasteiger partial charge is 0.306 e. The quantitative estimate of drug-likeness (QED) is 0.805. The van der Waals surface area contributed by atoms with E-state index in [9.17, 15) is 4.79 Å². The Bertz CT molecular complexity index is 677. The minimum absolute atomic E-state index is 0.148. The van der Waals surface area contributed by atoms with Crippen molar-refractivity contribution in [1.82, 2.24) is 4.57 Å². The maximum Gasteiger partial charge on any atom is 0.306 e. The minimum Gasteiger partial charge on any atom is -0.497 e. The van der Waals surface area contributed by atoms with Crippen molar-refractivity contribution < 1.29 is 14.3 Å². The molecule has 106 valence electrons. The second-order valence-electron chi connectivity index (χ2n) is 5.03. The van der Waals surface area contributed by atoms with Crippen LogP contribution in [0.3, 0.4) is 0 Å². The molecule has 0 aliphatic carbocycles. The number of aryl methyl sites for hydroxylation is 1. The van der Waals surface area contributed by atoms with Crippen LogP contribution in [-0.2, 0) is 16.1 Å². The van der Waals surface area contributed by atoms with Crippen LogP contribution in [0.5, 0.6) is 5.75 Å². The number of methoxy groups -OCH3 is 2. The van der Waals surface area contributed by atoms with E-state index in [0.29, 0.717) is 6.42 Å².